The van der Waals surface area contributed by atoms with Crippen molar-refractivity contribution in [2.24, 2.45) is 0 Å². The molecule has 4 heteroatoms. The van der Waals surface area contributed by atoms with E-state index in [1.54, 1.807) is 11.3 Å². The molecule has 1 aliphatic heterocycles. The SMILES string of the molecule is Clc1csc(CN[C@@H]2CCCOC2)c1. The van der Waals surface area contributed by atoms with Crippen molar-refractivity contribution in [1.82, 2.24) is 5.32 Å². The van der Waals surface area contributed by atoms with Gasteiger partial charge in [0.2, 0.25) is 0 Å². The zero-order valence-corrected chi connectivity index (χ0v) is 9.53. The van der Waals surface area contributed by atoms with Crippen LogP contribution in [0.25, 0.3) is 0 Å². The van der Waals surface area contributed by atoms with Gasteiger partial charge in [0.05, 0.1) is 11.6 Å². The van der Waals surface area contributed by atoms with E-state index in [1.165, 1.54) is 17.7 Å². The first-order chi connectivity index (χ1) is 6.84. The molecule has 0 spiro atoms. The van der Waals surface area contributed by atoms with Crippen LogP contribution in [-0.4, -0.2) is 19.3 Å². The smallest absolute Gasteiger partial charge is 0.0619 e. The third-order valence-corrected chi connectivity index (χ3v) is 3.63. The minimum Gasteiger partial charge on any atom is -0.380 e. The lowest BCUT2D eigenvalue weighted by Gasteiger charge is -2.22. The molecule has 0 aromatic carbocycles. The van der Waals surface area contributed by atoms with Crippen molar-refractivity contribution >= 4 is 22.9 Å². The molecule has 1 saturated heterocycles. The lowest BCUT2D eigenvalue weighted by atomic mass is 10.1. The zero-order chi connectivity index (χ0) is 9.80. The second-order valence-electron chi connectivity index (χ2n) is 3.53. The minimum absolute atomic E-state index is 0.518. The van der Waals surface area contributed by atoms with Gasteiger partial charge in [-0.2, -0.15) is 0 Å². The maximum absolute atomic E-state index is 5.84. The van der Waals surface area contributed by atoms with E-state index in [9.17, 15) is 0 Å². The first-order valence-electron chi connectivity index (χ1n) is 4.88. The summed E-state index contributed by atoms with van der Waals surface area (Å²) in [5.41, 5.74) is 0. The van der Waals surface area contributed by atoms with Gasteiger partial charge in [-0.1, -0.05) is 11.6 Å². The van der Waals surface area contributed by atoms with E-state index in [1.807, 2.05) is 11.4 Å². The molecule has 0 saturated carbocycles. The van der Waals surface area contributed by atoms with Crippen molar-refractivity contribution in [2.75, 3.05) is 13.2 Å². The van der Waals surface area contributed by atoms with E-state index in [4.69, 9.17) is 16.3 Å². The first kappa shape index (κ1) is 10.4. The number of ether oxygens (including phenoxy) is 1. The quantitative estimate of drug-likeness (QED) is 0.864. The summed E-state index contributed by atoms with van der Waals surface area (Å²) in [6.45, 7) is 2.67. The van der Waals surface area contributed by atoms with Crippen molar-refractivity contribution in [1.29, 1.82) is 0 Å². The Bertz CT molecular complexity index is 283. The Morgan fingerprint density at radius 3 is 3.21 bits per heavy atom. The van der Waals surface area contributed by atoms with Crippen molar-refractivity contribution in [2.45, 2.75) is 25.4 Å². The van der Waals surface area contributed by atoms with Gasteiger partial charge in [-0.25, -0.2) is 0 Å². The van der Waals surface area contributed by atoms with Crippen LogP contribution in [0.1, 0.15) is 17.7 Å². The molecule has 2 heterocycles. The van der Waals surface area contributed by atoms with Crippen LogP contribution in [0.15, 0.2) is 11.4 Å². The molecule has 1 fully saturated rings. The van der Waals surface area contributed by atoms with Crippen LogP contribution in [0.4, 0.5) is 0 Å². The highest BCUT2D eigenvalue weighted by atomic mass is 35.5. The van der Waals surface area contributed by atoms with E-state index in [0.29, 0.717) is 6.04 Å². The Kier molecular flexibility index (Phi) is 3.81. The summed E-state index contributed by atoms with van der Waals surface area (Å²) in [6.07, 6.45) is 2.39. The number of halogens is 1. The standard InChI is InChI=1S/C10H14ClNOS/c11-8-4-10(14-7-8)5-12-9-2-1-3-13-6-9/h4,7,9,12H,1-3,5-6H2/t9-/m1/s1. The number of thiophene rings is 1. The molecule has 2 nitrogen and oxygen atoms in total. The van der Waals surface area contributed by atoms with Crippen LogP contribution < -0.4 is 5.32 Å². The molecule has 78 valence electrons. The molecule has 0 bridgehead atoms. The fraction of sp³-hybridized carbons (Fsp3) is 0.600. The van der Waals surface area contributed by atoms with Crippen molar-refractivity contribution in [3.8, 4) is 0 Å². The van der Waals surface area contributed by atoms with Crippen molar-refractivity contribution in [3.05, 3.63) is 21.3 Å². The third kappa shape index (κ3) is 2.95. The van der Waals surface area contributed by atoms with Crippen molar-refractivity contribution in [3.63, 3.8) is 0 Å². The molecule has 1 aliphatic rings. The molecule has 1 atom stereocenters. The summed E-state index contributed by atoms with van der Waals surface area (Å²) in [4.78, 5) is 1.29. The van der Waals surface area contributed by atoms with Crippen LogP contribution in [0.3, 0.4) is 0 Å². The highest BCUT2D eigenvalue weighted by Crippen LogP contribution is 2.19. The largest absolute Gasteiger partial charge is 0.380 e. The number of nitrogens with one attached hydrogen (secondary N) is 1. The second-order valence-corrected chi connectivity index (χ2v) is 4.96. The first-order valence-corrected chi connectivity index (χ1v) is 6.14. The van der Waals surface area contributed by atoms with Crippen LogP contribution >= 0.6 is 22.9 Å². The van der Waals surface area contributed by atoms with Gasteiger partial charge < -0.3 is 10.1 Å². The van der Waals surface area contributed by atoms with Crippen LogP contribution in [-0.2, 0) is 11.3 Å². The Balaban J connectivity index is 1.76. The zero-order valence-electron chi connectivity index (χ0n) is 7.96. The lowest BCUT2D eigenvalue weighted by molar-refractivity contribution is 0.0700. The number of hydrogen-bond acceptors (Lipinski definition) is 3. The maximum Gasteiger partial charge on any atom is 0.0619 e. The number of rotatable bonds is 3. The molecule has 1 aromatic rings. The summed E-state index contributed by atoms with van der Waals surface area (Å²) >= 11 is 7.54. The van der Waals surface area contributed by atoms with Gasteiger partial charge in [0.15, 0.2) is 0 Å². The van der Waals surface area contributed by atoms with Gasteiger partial charge in [0, 0.05) is 29.5 Å². The fourth-order valence-electron chi connectivity index (χ4n) is 1.59. The number of hydrogen-bond donors (Lipinski definition) is 1. The van der Waals surface area contributed by atoms with Gasteiger partial charge in [-0.05, 0) is 18.9 Å². The van der Waals surface area contributed by atoms with E-state index < -0.39 is 0 Å². The molecule has 14 heavy (non-hydrogen) atoms. The van der Waals surface area contributed by atoms with Gasteiger partial charge >= 0.3 is 0 Å². The summed E-state index contributed by atoms with van der Waals surface area (Å²) in [5.74, 6) is 0. The molecule has 0 amide bonds. The molecule has 0 aliphatic carbocycles. The minimum atomic E-state index is 0.518. The van der Waals surface area contributed by atoms with Crippen LogP contribution in [0, 0.1) is 0 Å². The third-order valence-electron chi connectivity index (χ3n) is 2.35. The topological polar surface area (TPSA) is 21.3 Å². The Morgan fingerprint density at radius 1 is 1.64 bits per heavy atom. The van der Waals surface area contributed by atoms with E-state index in [2.05, 4.69) is 5.32 Å². The Morgan fingerprint density at radius 2 is 2.57 bits per heavy atom. The lowest BCUT2D eigenvalue weighted by Crippen LogP contribution is -2.36. The highest BCUT2D eigenvalue weighted by molar-refractivity contribution is 7.10. The van der Waals surface area contributed by atoms with E-state index in [-0.39, 0.29) is 0 Å². The molecule has 0 unspecified atom stereocenters. The van der Waals surface area contributed by atoms with Crippen LogP contribution in [0.5, 0.6) is 0 Å². The molecule has 1 N–H and O–H groups in total. The second kappa shape index (κ2) is 5.12. The average Bonchev–Trinajstić information content (AvgIpc) is 2.63. The summed E-state index contributed by atoms with van der Waals surface area (Å²) in [7, 11) is 0. The monoisotopic (exact) mass is 231 g/mol. The summed E-state index contributed by atoms with van der Waals surface area (Å²) < 4.78 is 5.39. The predicted octanol–water partition coefficient (Wildman–Crippen LogP) is 2.67. The maximum atomic E-state index is 5.84. The summed E-state index contributed by atoms with van der Waals surface area (Å²) in [5, 5.41) is 6.29. The van der Waals surface area contributed by atoms with Gasteiger partial charge in [0.25, 0.3) is 0 Å². The van der Waals surface area contributed by atoms with E-state index >= 15 is 0 Å². The van der Waals surface area contributed by atoms with Gasteiger partial charge in [0.1, 0.15) is 0 Å². The Labute approximate surface area is 93.2 Å². The molecular weight excluding hydrogens is 218 g/mol. The fourth-order valence-corrected chi connectivity index (χ4v) is 2.62. The summed E-state index contributed by atoms with van der Waals surface area (Å²) in [6, 6.07) is 2.53. The molecule has 0 radical (unpaired) electrons. The normalized spacial score (nSPS) is 22.5. The van der Waals surface area contributed by atoms with Gasteiger partial charge in [-0.3, -0.25) is 0 Å². The van der Waals surface area contributed by atoms with Crippen LogP contribution in [0.2, 0.25) is 5.02 Å². The average molecular weight is 232 g/mol. The molecule has 1 aromatic heterocycles. The molecular formula is C10H14ClNOS. The highest BCUT2D eigenvalue weighted by Gasteiger charge is 2.12. The Hall–Kier alpha value is -0.0900. The van der Waals surface area contributed by atoms with Gasteiger partial charge in [-0.15, -0.1) is 11.3 Å². The predicted molar refractivity (Wildman–Crippen MR) is 60.0 cm³/mol. The van der Waals surface area contributed by atoms with Crippen molar-refractivity contribution < 1.29 is 4.74 Å². The molecule has 2 rings (SSSR count). The van der Waals surface area contributed by atoms with E-state index in [0.717, 1.165) is 24.8 Å².